The highest BCUT2D eigenvalue weighted by atomic mass is 127. The Labute approximate surface area is 176 Å². The predicted molar refractivity (Wildman–Crippen MR) is 113 cm³/mol. The van der Waals surface area contributed by atoms with Gasteiger partial charge in [-0.3, -0.25) is 14.5 Å². The maximum absolute atomic E-state index is 11.8. The number of furan rings is 1. The summed E-state index contributed by atoms with van der Waals surface area (Å²) in [6.45, 7) is 6.84. The third-order valence-electron chi connectivity index (χ3n) is 4.17. The highest BCUT2D eigenvalue weighted by Crippen LogP contribution is 2.23. The molecule has 3 N–H and O–H groups in total. The minimum absolute atomic E-state index is 0. The Bertz CT molecular complexity index is 656. The van der Waals surface area contributed by atoms with E-state index in [1.54, 1.807) is 19.1 Å². The van der Waals surface area contributed by atoms with E-state index in [1.165, 1.54) is 4.90 Å². The normalized spacial score (nSPS) is 17.3. The van der Waals surface area contributed by atoms with Gasteiger partial charge in [0, 0.05) is 32.5 Å². The first-order valence-corrected chi connectivity index (χ1v) is 8.98. The fourth-order valence-electron chi connectivity index (χ4n) is 2.71. The lowest BCUT2D eigenvalue weighted by atomic mass is 10.0. The Balaban J connectivity index is 0.00000364. The summed E-state index contributed by atoms with van der Waals surface area (Å²) in [6, 6.07) is 3.53. The van der Waals surface area contributed by atoms with Crippen LogP contribution in [0, 0.1) is 6.92 Å². The number of hydrogen-bond acceptors (Lipinski definition) is 5. The van der Waals surface area contributed by atoms with E-state index in [0.717, 1.165) is 5.76 Å². The molecule has 8 nitrogen and oxygen atoms in total. The summed E-state index contributed by atoms with van der Waals surface area (Å²) in [7, 11) is 0. The van der Waals surface area contributed by atoms with Gasteiger partial charge in [-0.15, -0.1) is 24.0 Å². The third kappa shape index (κ3) is 6.80. The van der Waals surface area contributed by atoms with E-state index in [-0.39, 0.29) is 42.3 Å². The van der Waals surface area contributed by atoms with Gasteiger partial charge < -0.3 is 20.2 Å². The Morgan fingerprint density at radius 2 is 1.96 bits per heavy atom. The lowest BCUT2D eigenvalue weighted by Gasteiger charge is -2.25. The molecule has 0 aliphatic carbocycles. The van der Waals surface area contributed by atoms with Crippen molar-refractivity contribution in [1.29, 1.82) is 0 Å². The van der Waals surface area contributed by atoms with Crippen LogP contribution in [0.1, 0.15) is 44.6 Å². The molecule has 0 aromatic carbocycles. The van der Waals surface area contributed by atoms with Gasteiger partial charge in [-0.05, 0) is 39.3 Å². The van der Waals surface area contributed by atoms with Crippen LogP contribution in [0.25, 0.3) is 0 Å². The molecule has 2 heterocycles. The monoisotopic (exact) mass is 492 g/mol. The molecular weight excluding hydrogens is 463 g/mol. The van der Waals surface area contributed by atoms with Crippen LogP contribution in [0.3, 0.4) is 0 Å². The first kappa shape index (κ1) is 23.4. The van der Waals surface area contributed by atoms with Gasteiger partial charge in [0.2, 0.25) is 11.8 Å². The number of hydrogen-bond donors (Lipinski definition) is 3. The van der Waals surface area contributed by atoms with E-state index >= 15 is 0 Å². The van der Waals surface area contributed by atoms with Crippen molar-refractivity contribution in [2.45, 2.75) is 45.6 Å². The molecule has 2 amide bonds. The molecule has 9 heteroatoms. The fourth-order valence-corrected chi connectivity index (χ4v) is 2.71. The van der Waals surface area contributed by atoms with Crippen LogP contribution in [0.4, 0.5) is 0 Å². The quantitative estimate of drug-likeness (QED) is 0.231. The number of halogens is 1. The summed E-state index contributed by atoms with van der Waals surface area (Å²) >= 11 is 0. The smallest absolute Gasteiger partial charge is 0.229 e. The number of nitrogens with one attached hydrogen (secondary N) is 2. The maximum atomic E-state index is 11.8. The number of rotatable bonds is 7. The van der Waals surface area contributed by atoms with E-state index in [2.05, 4.69) is 15.6 Å². The summed E-state index contributed by atoms with van der Waals surface area (Å²) in [5.74, 6) is 1.44. The van der Waals surface area contributed by atoms with Crippen LogP contribution in [0.2, 0.25) is 0 Å². The molecule has 1 aromatic heterocycles. The van der Waals surface area contributed by atoms with Gasteiger partial charge in [0.1, 0.15) is 17.1 Å². The number of piperidine rings is 1. The first-order chi connectivity index (χ1) is 12.3. The largest absolute Gasteiger partial charge is 0.463 e. The molecule has 1 unspecified atom stereocenters. The van der Waals surface area contributed by atoms with E-state index in [4.69, 9.17) is 4.42 Å². The van der Waals surface area contributed by atoms with Crippen molar-refractivity contribution >= 4 is 41.8 Å². The molecule has 0 spiro atoms. The number of aliphatic imine (C=N–C) groups is 1. The summed E-state index contributed by atoms with van der Waals surface area (Å²) in [4.78, 5) is 29.3. The van der Waals surface area contributed by atoms with Crippen LogP contribution < -0.4 is 10.6 Å². The second kappa shape index (κ2) is 10.6. The van der Waals surface area contributed by atoms with Crippen LogP contribution in [-0.4, -0.2) is 54.0 Å². The van der Waals surface area contributed by atoms with Crippen LogP contribution in [0.5, 0.6) is 0 Å². The molecule has 1 saturated heterocycles. The summed E-state index contributed by atoms with van der Waals surface area (Å²) in [5.41, 5.74) is -1.23. The van der Waals surface area contributed by atoms with Crippen molar-refractivity contribution in [2.24, 2.45) is 4.99 Å². The molecule has 1 fully saturated rings. The number of carbonyl (C=O) groups excluding carboxylic acids is 2. The summed E-state index contributed by atoms with van der Waals surface area (Å²) in [5, 5.41) is 16.7. The van der Waals surface area contributed by atoms with Gasteiger partial charge in [0.25, 0.3) is 0 Å². The van der Waals surface area contributed by atoms with Crippen LogP contribution in [0.15, 0.2) is 21.5 Å². The van der Waals surface area contributed by atoms with Crippen molar-refractivity contribution in [3.63, 3.8) is 0 Å². The van der Waals surface area contributed by atoms with Crippen molar-refractivity contribution < 1.29 is 19.1 Å². The second-order valence-electron chi connectivity index (χ2n) is 6.60. The Morgan fingerprint density at radius 3 is 2.52 bits per heavy atom. The van der Waals surface area contributed by atoms with Crippen LogP contribution in [-0.2, 0) is 15.2 Å². The minimum atomic E-state index is -1.23. The van der Waals surface area contributed by atoms with Crippen molar-refractivity contribution in [2.75, 3.05) is 26.2 Å². The van der Waals surface area contributed by atoms with E-state index in [0.29, 0.717) is 50.6 Å². The van der Waals surface area contributed by atoms with Crippen molar-refractivity contribution in [3.05, 3.63) is 23.7 Å². The number of carbonyl (C=O) groups is 2. The molecule has 2 rings (SSSR count). The standard InChI is InChI=1S/C18H28N4O4.HI/c1-4-19-17(20-10-11-22-15(23)6-5-7-16(22)24)21-12-18(3,25)14-9-8-13(2)26-14;/h8-9,25H,4-7,10-12H2,1-3H3,(H2,19,20,21);1H. The van der Waals surface area contributed by atoms with Gasteiger partial charge in [-0.1, -0.05) is 0 Å². The van der Waals surface area contributed by atoms with Crippen molar-refractivity contribution in [3.8, 4) is 0 Å². The molecule has 1 aromatic rings. The first-order valence-electron chi connectivity index (χ1n) is 8.98. The highest BCUT2D eigenvalue weighted by molar-refractivity contribution is 14.0. The molecule has 0 radical (unpaired) electrons. The van der Waals surface area contributed by atoms with Gasteiger partial charge >= 0.3 is 0 Å². The maximum Gasteiger partial charge on any atom is 0.229 e. The Hall–Kier alpha value is -1.62. The Kier molecular flexibility index (Phi) is 9.23. The van der Waals surface area contributed by atoms with E-state index in [1.807, 2.05) is 13.8 Å². The molecule has 1 atom stereocenters. The SMILES string of the molecule is CCNC(=NCC(C)(O)c1ccc(C)o1)NCCN1C(=O)CCCC1=O.I. The molecule has 1 aliphatic rings. The van der Waals surface area contributed by atoms with Gasteiger partial charge in [0.15, 0.2) is 5.96 Å². The van der Waals surface area contributed by atoms with Gasteiger partial charge in [-0.25, -0.2) is 4.99 Å². The van der Waals surface area contributed by atoms with Crippen molar-refractivity contribution in [1.82, 2.24) is 15.5 Å². The number of likely N-dealkylation sites (tertiary alicyclic amines) is 1. The van der Waals surface area contributed by atoms with E-state index < -0.39 is 5.60 Å². The third-order valence-corrected chi connectivity index (χ3v) is 4.17. The average molecular weight is 492 g/mol. The van der Waals surface area contributed by atoms with Crippen LogP contribution >= 0.6 is 24.0 Å². The van der Waals surface area contributed by atoms with Gasteiger partial charge in [-0.2, -0.15) is 0 Å². The number of nitrogens with zero attached hydrogens (tertiary/aromatic N) is 2. The fraction of sp³-hybridized carbons (Fsp3) is 0.611. The number of aliphatic hydroxyl groups is 1. The minimum Gasteiger partial charge on any atom is -0.463 e. The number of aryl methyl sites for hydroxylation is 1. The molecule has 27 heavy (non-hydrogen) atoms. The molecule has 0 saturated carbocycles. The van der Waals surface area contributed by atoms with E-state index in [9.17, 15) is 14.7 Å². The number of imide groups is 1. The molecule has 0 bridgehead atoms. The lowest BCUT2D eigenvalue weighted by Crippen LogP contribution is -2.46. The lowest BCUT2D eigenvalue weighted by molar-refractivity contribution is -0.147. The number of amides is 2. The molecular formula is C18H29IN4O4. The zero-order valence-corrected chi connectivity index (χ0v) is 18.4. The topological polar surface area (TPSA) is 107 Å². The number of guanidine groups is 1. The molecule has 1 aliphatic heterocycles. The second-order valence-corrected chi connectivity index (χ2v) is 6.60. The summed E-state index contributed by atoms with van der Waals surface area (Å²) < 4.78 is 5.48. The molecule has 152 valence electrons. The average Bonchev–Trinajstić information content (AvgIpc) is 3.03. The summed E-state index contributed by atoms with van der Waals surface area (Å²) in [6.07, 6.45) is 1.48. The van der Waals surface area contributed by atoms with Gasteiger partial charge in [0.05, 0.1) is 6.54 Å². The predicted octanol–water partition coefficient (Wildman–Crippen LogP) is 1.51. The zero-order valence-electron chi connectivity index (χ0n) is 16.1. The highest BCUT2D eigenvalue weighted by Gasteiger charge is 2.27. The zero-order chi connectivity index (χ0) is 19.2. The Morgan fingerprint density at radius 1 is 1.30 bits per heavy atom.